The molecule has 6 heteroatoms. The van der Waals surface area contributed by atoms with Crippen LogP contribution in [-0.2, 0) is 6.18 Å². The molecule has 0 saturated heterocycles. The van der Waals surface area contributed by atoms with Crippen molar-refractivity contribution < 1.29 is 17.9 Å². The summed E-state index contributed by atoms with van der Waals surface area (Å²) in [6.45, 7) is 0. The van der Waals surface area contributed by atoms with Gasteiger partial charge in [-0.25, -0.2) is 0 Å². The summed E-state index contributed by atoms with van der Waals surface area (Å²) in [5.41, 5.74) is -1.63. The Morgan fingerprint density at radius 3 is 2.46 bits per heavy atom. The van der Waals surface area contributed by atoms with Crippen LogP contribution >= 0.6 is 0 Å². The fraction of sp³-hybridized carbons (Fsp3) is 0.286. The van der Waals surface area contributed by atoms with Gasteiger partial charge in [-0.2, -0.15) is 13.2 Å². The number of halogens is 3. The molecule has 0 atom stereocenters. The minimum absolute atomic E-state index is 0.569. The number of hydrogen-bond donors (Lipinski definition) is 1. The number of H-pyrrole nitrogens is 1. The minimum Gasteiger partial charge on any atom is -0.482 e. The first-order valence-electron chi connectivity index (χ1n) is 3.29. The molecule has 0 radical (unpaired) electrons. The molecule has 0 bridgehead atoms. The summed E-state index contributed by atoms with van der Waals surface area (Å²) < 4.78 is 40.9. The summed E-state index contributed by atoms with van der Waals surface area (Å²) in [6.07, 6.45) is -4.52. The predicted octanol–water partition coefficient (Wildman–Crippen LogP) is 1.40. The largest absolute Gasteiger partial charge is 0.482 e. The number of hydrogen-bond acceptors (Lipinski definition) is 2. The Morgan fingerprint density at radius 1 is 1.38 bits per heavy atom. The van der Waals surface area contributed by atoms with E-state index in [1.165, 1.54) is 0 Å². The maximum Gasteiger partial charge on any atom is 0.421 e. The van der Waals surface area contributed by atoms with Crippen molar-refractivity contribution in [2.45, 2.75) is 6.18 Å². The quantitative estimate of drug-likeness (QED) is 0.732. The number of rotatable bonds is 1. The van der Waals surface area contributed by atoms with Gasteiger partial charge in [0.05, 0.1) is 7.11 Å². The van der Waals surface area contributed by atoms with Crippen molar-refractivity contribution in [1.29, 1.82) is 0 Å². The number of methoxy groups -OCH3 is 1. The molecule has 0 saturated carbocycles. The smallest absolute Gasteiger partial charge is 0.421 e. The van der Waals surface area contributed by atoms with Crippen LogP contribution in [0.25, 0.3) is 0 Å². The average Bonchev–Trinajstić information content (AvgIpc) is 2.01. The van der Waals surface area contributed by atoms with Gasteiger partial charge in [0.2, 0.25) is 5.88 Å². The van der Waals surface area contributed by atoms with Gasteiger partial charge in [0, 0.05) is 6.07 Å². The summed E-state index contributed by atoms with van der Waals surface area (Å²) >= 11 is 0. The van der Waals surface area contributed by atoms with Crippen LogP contribution < -0.4 is 10.3 Å². The van der Waals surface area contributed by atoms with E-state index in [1.807, 2.05) is 4.98 Å². The number of pyridine rings is 1. The third-order valence-electron chi connectivity index (χ3n) is 1.39. The molecule has 1 rings (SSSR count). The molecule has 1 aromatic rings. The highest BCUT2D eigenvalue weighted by molar-refractivity contribution is 5.28. The molecule has 1 heterocycles. The lowest BCUT2D eigenvalue weighted by molar-refractivity contribution is -0.139. The molecule has 0 aliphatic carbocycles. The van der Waals surface area contributed by atoms with Crippen LogP contribution in [-0.4, -0.2) is 12.1 Å². The Labute approximate surface area is 71.2 Å². The van der Waals surface area contributed by atoms with Gasteiger partial charge in [0.25, 0.3) is 5.56 Å². The van der Waals surface area contributed by atoms with Gasteiger partial charge in [0.1, 0.15) is 5.56 Å². The molecule has 72 valence electrons. The zero-order valence-electron chi connectivity index (χ0n) is 6.61. The average molecular weight is 193 g/mol. The third kappa shape index (κ3) is 2.01. The zero-order chi connectivity index (χ0) is 10.1. The molecule has 0 fully saturated rings. The van der Waals surface area contributed by atoms with Gasteiger partial charge < -0.3 is 4.74 Å². The SMILES string of the molecule is COc1[nH]c(=O)ccc1C(F)(F)F. The lowest BCUT2D eigenvalue weighted by Crippen LogP contribution is -2.13. The fourth-order valence-electron chi connectivity index (χ4n) is 0.840. The molecule has 0 spiro atoms. The van der Waals surface area contributed by atoms with Crippen LogP contribution in [0, 0.1) is 0 Å². The van der Waals surface area contributed by atoms with Gasteiger partial charge in [0.15, 0.2) is 0 Å². The Hall–Kier alpha value is -1.46. The molecule has 0 amide bonds. The first kappa shape index (κ1) is 9.63. The van der Waals surface area contributed by atoms with E-state index in [0.717, 1.165) is 13.2 Å². The molecule has 13 heavy (non-hydrogen) atoms. The van der Waals surface area contributed by atoms with Gasteiger partial charge in [-0.15, -0.1) is 0 Å². The summed E-state index contributed by atoms with van der Waals surface area (Å²) in [4.78, 5) is 12.6. The van der Waals surface area contributed by atoms with Crippen molar-refractivity contribution in [3.8, 4) is 5.88 Å². The van der Waals surface area contributed by atoms with E-state index < -0.39 is 23.2 Å². The van der Waals surface area contributed by atoms with Gasteiger partial charge in [-0.1, -0.05) is 0 Å². The standard InChI is InChI=1S/C7H6F3NO2/c1-13-6-4(7(8,9)10)2-3-5(12)11-6/h2-3H,1H3,(H,11,12). The Bertz CT molecular complexity index is 355. The summed E-state index contributed by atoms with van der Waals surface area (Å²) in [6, 6.07) is 1.48. The predicted molar refractivity (Wildman–Crippen MR) is 38.6 cm³/mol. The highest BCUT2D eigenvalue weighted by Gasteiger charge is 2.34. The van der Waals surface area contributed by atoms with Crippen LogP contribution in [0.5, 0.6) is 5.88 Å². The number of aromatic nitrogens is 1. The number of alkyl halides is 3. The molecular formula is C7H6F3NO2. The molecule has 0 aliphatic heterocycles. The van der Waals surface area contributed by atoms with E-state index in [1.54, 1.807) is 0 Å². The summed E-state index contributed by atoms with van der Waals surface area (Å²) in [5.74, 6) is -0.569. The topological polar surface area (TPSA) is 42.1 Å². The zero-order valence-corrected chi connectivity index (χ0v) is 6.61. The van der Waals surface area contributed by atoms with Crippen LogP contribution in [0.15, 0.2) is 16.9 Å². The highest BCUT2D eigenvalue weighted by Crippen LogP contribution is 2.33. The van der Waals surface area contributed by atoms with Crippen molar-refractivity contribution >= 4 is 0 Å². The second-order valence-corrected chi connectivity index (χ2v) is 2.27. The van der Waals surface area contributed by atoms with Gasteiger partial charge in [-0.05, 0) is 6.07 Å². The normalized spacial score (nSPS) is 11.4. The fourth-order valence-corrected chi connectivity index (χ4v) is 0.840. The van der Waals surface area contributed by atoms with Crippen LogP contribution in [0.1, 0.15) is 5.56 Å². The van der Waals surface area contributed by atoms with Crippen molar-refractivity contribution in [2.75, 3.05) is 7.11 Å². The van der Waals surface area contributed by atoms with Crippen molar-refractivity contribution in [2.24, 2.45) is 0 Å². The number of aromatic amines is 1. The molecular weight excluding hydrogens is 187 g/mol. The second kappa shape index (κ2) is 3.12. The van der Waals surface area contributed by atoms with Crippen LogP contribution in [0.4, 0.5) is 13.2 Å². The minimum atomic E-state index is -4.52. The summed E-state index contributed by atoms with van der Waals surface area (Å²) in [7, 11) is 1.06. The lowest BCUT2D eigenvalue weighted by Gasteiger charge is -2.09. The van der Waals surface area contributed by atoms with E-state index in [0.29, 0.717) is 6.07 Å². The Balaban J connectivity index is 3.30. The van der Waals surface area contributed by atoms with E-state index in [4.69, 9.17) is 0 Å². The molecule has 1 N–H and O–H groups in total. The third-order valence-corrected chi connectivity index (χ3v) is 1.39. The lowest BCUT2D eigenvalue weighted by atomic mass is 10.2. The number of nitrogens with one attached hydrogen (secondary N) is 1. The second-order valence-electron chi connectivity index (χ2n) is 2.27. The van der Waals surface area contributed by atoms with Gasteiger partial charge in [-0.3, -0.25) is 9.78 Å². The monoisotopic (exact) mass is 193 g/mol. The van der Waals surface area contributed by atoms with Crippen molar-refractivity contribution in [3.63, 3.8) is 0 Å². The first-order chi connectivity index (χ1) is 5.95. The van der Waals surface area contributed by atoms with Crippen LogP contribution in [0.2, 0.25) is 0 Å². The Kier molecular flexibility index (Phi) is 2.31. The molecule has 0 unspecified atom stereocenters. The highest BCUT2D eigenvalue weighted by atomic mass is 19.4. The molecule has 1 aromatic heterocycles. The number of ether oxygens (including phenoxy) is 1. The van der Waals surface area contributed by atoms with Crippen molar-refractivity contribution in [1.82, 2.24) is 4.98 Å². The first-order valence-corrected chi connectivity index (χ1v) is 3.29. The Morgan fingerprint density at radius 2 is 2.00 bits per heavy atom. The van der Waals surface area contributed by atoms with Gasteiger partial charge >= 0.3 is 6.18 Å². The molecule has 3 nitrogen and oxygen atoms in total. The van der Waals surface area contributed by atoms with E-state index >= 15 is 0 Å². The maximum absolute atomic E-state index is 12.2. The van der Waals surface area contributed by atoms with Crippen molar-refractivity contribution in [3.05, 3.63) is 28.0 Å². The van der Waals surface area contributed by atoms with E-state index in [9.17, 15) is 18.0 Å². The maximum atomic E-state index is 12.2. The van der Waals surface area contributed by atoms with E-state index in [-0.39, 0.29) is 0 Å². The molecule has 0 aromatic carbocycles. The van der Waals surface area contributed by atoms with Crippen LogP contribution in [0.3, 0.4) is 0 Å². The summed E-state index contributed by atoms with van der Waals surface area (Å²) in [5, 5.41) is 0. The van der Waals surface area contributed by atoms with E-state index in [2.05, 4.69) is 4.74 Å². The molecule has 0 aliphatic rings.